The summed E-state index contributed by atoms with van der Waals surface area (Å²) in [5, 5.41) is 3.42. The van der Waals surface area contributed by atoms with Crippen molar-refractivity contribution >= 4 is 11.8 Å². The summed E-state index contributed by atoms with van der Waals surface area (Å²) in [7, 11) is 1.69. The maximum atomic E-state index is 5.12. The Balaban J connectivity index is 2.16. The van der Waals surface area contributed by atoms with Crippen molar-refractivity contribution in [3.8, 4) is 5.75 Å². The molecule has 0 atom stereocenters. The van der Waals surface area contributed by atoms with E-state index in [-0.39, 0.29) is 0 Å². The molecule has 3 heteroatoms. The normalized spacial score (nSPS) is 10.8. The maximum absolute atomic E-state index is 5.12. The highest BCUT2D eigenvalue weighted by atomic mass is 32.2. The number of nitrogens with one attached hydrogen (secondary N) is 1. The third kappa shape index (κ3) is 5.42. The summed E-state index contributed by atoms with van der Waals surface area (Å²) >= 11 is 1.90. The van der Waals surface area contributed by atoms with Gasteiger partial charge in [-0.1, -0.05) is 13.8 Å². The standard InChI is InChI=1S/C13H21NOS/c1-11(2)14-9-4-10-16-13-7-5-12(15-3)6-8-13/h5-8,11,14H,4,9-10H2,1-3H3. The van der Waals surface area contributed by atoms with Gasteiger partial charge in [-0.2, -0.15) is 0 Å². The zero-order chi connectivity index (χ0) is 11.8. The molecule has 0 aliphatic heterocycles. The second kappa shape index (κ2) is 7.58. The Bertz CT molecular complexity index is 284. The van der Waals surface area contributed by atoms with Crippen LogP contribution in [0, 0.1) is 0 Å². The lowest BCUT2D eigenvalue weighted by Crippen LogP contribution is -2.23. The Morgan fingerprint density at radius 2 is 1.94 bits per heavy atom. The van der Waals surface area contributed by atoms with Gasteiger partial charge in [-0.15, -0.1) is 11.8 Å². The van der Waals surface area contributed by atoms with Crippen molar-refractivity contribution in [2.24, 2.45) is 0 Å². The average molecular weight is 239 g/mol. The monoisotopic (exact) mass is 239 g/mol. The van der Waals surface area contributed by atoms with Crippen LogP contribution in [0.4, 0.5) is 0 Å². The van der Waals surface area contributed by atoms with E-state index >= 15 is 0 Å². The maximum Gasteiger partial charge on any atom is 0.118 e. The van der Waals surface area contributed by atoms with Crippen LogP contribution in [0.5, 0.6) is 5.75 Å². The molecule has 0 bridgehead atoms. The number of methoxy groups -OCH3 is 1. The molecule has 1 rings (SSSR count). The largest absolute Gasteiger partial charge is 0.497 e. The fourth-order valence-corrected chi connectivity index (χ4v) is 2.18. The summed E-state index contributed by atoms with van der Waals surface area (Å²) in [6, 6.07) is 8.83. The first-order chi connectivity index (χ1) is 7.72. The van der Waals surface area contributed by atoms with Gasteiger partial charge in [0.25, 0.3) is 0 Å². The van der Waals surface area contributed by atoms with E-state index in [9.17, 15) is 0 Å². The highest BCUT2D eigenvalue weighted by Gasteiger charge is 1.96. The lowest BCUT2D eigenvalue weighted by molar-refractivity contribution is 0.414. The minimum atomic E-state index is 0.589. The van der Waals surface area contributed by atoms with Crippen LogP contribution in [-0.4, -0.2) is 25.4 Å². The highest BCUT2D eigenvalue weighted by molar-refractivity contribution is 7.99. The number of benzene rings is 1. The first kappa shape index (κ1) is 13.4. The van der Waals surface area contributed by atoms with E-state index in [1.807, 2.05) is 23.9 Å². The van der Waals surface area contributed by atoms with E-state index in [1.165, 1.54) is 11.3 Å². The van der Waals surface area contributed by atoms with Crippen molar-refractivity contribution < 1.29 is 4.74 Å². The van der Waals surface area contributed by atoms with Crippen LogP contribution >= 0.6 is 11.8 Å². The van der Waals surface area contributed by atoms with Crippen LogP contribution in [-0.2, 0) is 0 Å². The van der Waals surface area contributed by atoms with Gasteiger partial charge in [-0.25, -0.2) is 0 Å². The van der Waals surface area contributed by atoms with Crippen molar-refractivity contribution in [3.05, 3.63) is 24.3 Å². The zero-order valence-electron chi connectivity index (χ0n) is 10.3. The van der Waals surface area contributed by atoms with E-state index in [2.05, 4.69) is 31.3 Å². The molecular formula is C13H21NOS. The van der Waals surface area contributed by atoms with Crippen LogP contribution < -0.4 is 10.1 Å². The Labute approximate surface area is 103 Å². The fourth-order valence-electron chi connectivity index (χ4n) is 1.32. The molecule has 16 heavy (non-hydrogen) atoms. The van der Waals surface area contributed by atoms with Gasteiger partial charge in [0.2, 0.25) is 0 Å². The molecule has 0 heterocycles. The lowest BCUT2D eigenvalue weighted by Gasteiger charge is -2.07. The number of hydrogen-bond acceptors (Lipinski definition) is 3. The Morgan fingerprint density at radius 1 is 1.25 bits per heavy atom. The number of hydrogen-bond donors (Lipinski definition) is 1. The summed E-state index contributed by atoms with van der Waals surface area (Å²) in [6.45, 7) is 5.45. The molecular weight excluding hydrogens is 218 g/mol. The zero-order valence-corrected chi connectivity index (χ0v) is 11.1. The topological polar surface area (TPSA) is 21.3 Å². The third-order valence-corrected chi connectivity index (χ3v) is 3.30. The minimum Gasteiger partial charge on any atom is -0.497 e. The molecule has 0 amide bonds. The molecule has 0 radical (unpaired) electrons. The average Bonchev–Trinajstić information content (AvgIpc) is 2.29. The summed E-state index contributed by atoms with van der Waals surface area (Å²) in [6.07, 6.45) is 1.20. The molecule has 0 aliphatic carbocycles. The number of thioether (sulfide) groups is 1. The summed E-state index contributed by atoms with van der Waals surface area (Å²) in [5.41, 5.74) is 0. The van der Waals surface area contributed by atoms with Crippen LogP contribution in [0.3, 0.4) is 0 Å². The number of ether oxygens (including phenoxy) is 1. The lowest BCUT2D eigenvalue weighted by atomic mass is 10.3. The predicted molar refractivity (Wildman–Crippen MR) is 71.5 cm³/mol. The van der Waals surface area contributed by atoms with Crippen LogP contribution in [0.1, 0.15) is 20.3 Å². The Hall–Kier alpha value is -0.670. The second-order valence-corrected chi connectivity index (χ2v) is 5.15. The molecule has 0 saturated carbocycles. The first-order valence-corrected chi connectivity index (χ1v) is 6.71. The van der Waals surface area contributed by atoms with Crippen LogP contribution in [0.25, 0.3) is 0 Å². The summed E-state index contributed by atoms with van der Waals surface area (Å²) in [4.78, 5) is 1.31. The first-order valence-electron chi connectivity index (χ1n) is 5.72. The van der Waals surface area contributed by atoms with Crippen molar-refractivity contribution in [1.82, 2.24) is 5.32 Å². The third-order valence-electron chi connectivity index (χ3n) is 2.20. The van der Waals surface area contributed by atoms with Gasteiger partial charge >= 0.3 is 0 Å². The summed E-state index contributed by atoms with van der Waals surface area (Å²) in [5.74, 6) is 2.08. The van der Waals surface area contributed by atoms with Gasteiger partial charge < -0.3 is 10.1 Å². The van der Waals surface area contributed by atoms with Crippen molar-refractivity contribution in [2.75, 3.05) is 19.4 Å². The number of rotatable bonds is 7. The van der Waals surface area contributed by atoms with Crippen molar-refractivity contribution in [2.45, 2.75) is 31.2 Å². The minimum absolute atomic E-state index is 0.589. The molecule has 1 aromatic rings. The quantitative estimate of drug-likeness (QED) is 0.583. The fraction of sp³-hybridized carbons (Fsp3) is 0.538. The van der Waals surface area contributed by atoms with Crippen LogP contribution in [0.15, 0.2) is 29.2 Å². The molecule has 90 valence electrons. The molecule has 0 aliphatic rings. The SMILES string of the molecule is COc1ccc(SCCCNC(C)C)cc1. The van der Waals surface area contributed by atoms with Crippen LogP contribution in [0.2, 0.25) is 0 Å². The Kier molecular flexibility index (Phi) is 6.34. The summed E-state index contributed by atoms with van der Waals surface area (Å²) < 4.78 is 5.12. The molecule has 1 N–H and O–H groups in total. The van der Waals surface area contributed by atoms with E-state index in [4.69, 9.17) is 4.74 Å². The molecule has 0 saturated heterocycles. The van der Waals surface area contributed by atoms with E-state index in [0.29, 0.717) is 6.04 Å². The van der Waals surface area contributed by atoms with Gasteiger partial charge in [-0.05, 0) is 43.0 Å². The molecule has 1 aromatic carbocycles. The van der Waals surface area contributed by atoms with Gasteiger partial charge in [-0.3, -0.25) is 0 Å². The van der Waals surface area contributed by atoms with Gasteiger partial charge in [0.1, 0.15) is 5.75 Å². The molecule has 0 fully saturated rings. The Morgan fingerprint density at radius 3 is 2.50 bits per heavy atom. The van der Waals surface area contributed by atoms with E-state index in [1.54, 1.807) is 7.11 Å². The molecule has 0 spiro atoms. The molecule has 2 nitrogen and oxygen atoms in total. The van der Waals surface area contributed by atoms with Gasteiger partial charge in [0, 0.05) is 10.9 Å². The van der Waals surface area contributed by atoms with Gasteiger partial charge in [0.05, 0.1) is 7.11 Å². The van der Waals surface area contributed by atoms with E-state index in [0.717, 1.165) is 18.0 Å². The van der Waals surface area contributed by atoms with Crippen molar-refractivity contribution in [1.29, 1.82) is 0 Å². The smallest absolute Gasteiger partial charge is 0.118 e. The predicted octanol–water partition coefficient (Wildman–Crippen LogP) is 3.18. The second-order valence-electron chi connectivity index (χ2n) is 3.99. The van der Waals surface area contributed by atoms with E-state index < -0.39 is 0 Å². The molecule has 0 aromatic heterocycles. The molecule has 0 unspecified atom stereocenters. The van der Waals surface area contributed by atoms with Gasteiger partial charge in [0.15, 0.2) is 0 Å². The van der Waals surface area contributed by atoms with Crippen molar-refractivity contribution in [3.63, 3.8) is 0 Å². The highest BCUT2D eigenvalue weighted by Crippen LogP contribution is 2.21.